The van der Waals surface area contributed by atoms with Gasteiger partial charge in [-0.2, -0.15) is 0 Å². The number of rotatable bonds is 4. The molecule has 0 amide bonds. The van der Waals surface area contributed by atoms with Gasteiger partial charge in [-0.3, -0.25) is 0 Å². The van der Waals surface area contributed by atoms with E-state index in [1.165, 1.54) is 10.9 Å². The molecular formula is C13H12Br2FNS. The minimum Gasteiger partial charge on any atom is -0.367 e. The van der Waals surface area contributed by atoms with Gasteiger partial charge in [0.15, 0.2) is 0 Å². The summed E-state index contributed by atoms with van der Waals surface area (Å²) in [5.41, 5.74) is 1.63. The molecule has 0 spiro atoms. The van der Waals surface area contributed by atoms with Gasteiger partial charge in [-0.25, -0.2) is 4.39 Å². The Hall–Kier alpha value is -0.390. The second-order valence-corrected chi connectivity index (χ2v) is 6.44. The van der Waals surface area contributed by atoms with E-state index in [9.17, 15) is 4.39 Å². The fourth-order valence-corrected chi connectivity index (χ4v) is 3.80. The van der Waals surface area contributed by atoms with Crippen LogP contribution in [-0.2, 0) is 11.9 Å². The number of benzene rings is 1. The summed E-state index contributed by atoms with van der Waals surface area (Å²) in [7, 11) is 1.91. The lowest BCUT2D eigenvalue weighted by Crippen LogP contribution is -2.18. The zero-order valence-electron chi connectivity index (χ0n) is 9.79. The molecule has 0 fully saturated rings. The second-order valence-electron chi connectivity index (χ2n) is 3.97. The lowest BCUT2D eigenvalue weighted by Gasteiger charge is -2.21. The van der Waals surface area contributed by atoms with Crippen LogP contribution in [0, 0.1) is 5.82 Å². The van der Waals surface area contributed by atoms with Crippen molar-refractivity contribution in [2.24, 2.45) is 0 Å². The first kappa shape index (κ1) is 14.0. The Morgan fingerprint density at radius 3 is 2.78 bits per heavy atom. The number of hydrogen-bond donors (Lipinski definition) is 0. The van der Waals surface area contributed by atoms with Crippen molar-refractivity contribution < 1.29 is 4.39 Å². The molecule has 0 saturated carbocycles. The van der Waals surface area contributed by atoms with E-state index in [4.69, 9.17) is 0 Å². The maximum atomic E-state index is 13.9. The number of hydrogen-bond acceptors (Lipinski definition) is 2. The smallest absolute Gasteiger partial charge is 0.146 e. The number of anilines is 1. The zero-order valence-corrected chi connectivity index (χ0v) is 13.8. The number of nitrogens with zero attached hydrogens (tertiary/aromatic N) is 1. The van der Waals surface area contributed by atoms with Gasteiger partial charge in [0.2, 0.25) is 0 Å². The van der Waals surface area contributed by atoms with E-state index in [0.29, 0.717) is 17.6 Å². The van der Waals surface area contributed by atoms with E-state index >= 15 is 0 Å². The minimum atomic E-state index is -0.176. The third-order valence-corrected chi connectivity index (χ3v) is 4.90. The highest BCUT2D eigenvalue weighted by atomic mass is 79.9. The van der Waals surface area contributed by atoms with Crippen LogP contribution in [0.1, 0.15) is 10.4 Å². The van der Waals surface area contributed by atoms with Crippen LogP contribution in [0.25, 0.3) is 0 Å². The van der Waals surface area contributed by atoms with E-state index in [1.807, 2.05) is 23.4 Å². The predicted octanol–water partition coefficient (Wildman–Crippen LogP) is 5.18. The van der Waals surface area contributed by atoms with Gasteiger partial charge < -0.3 is 4.90 Å². The molecule has 1 nitrogen and oxygen atoms in total. The van der Waals surface area contributed by atoms with Crippen molar-refractivity contribution in [2.45, 2.75) is 11.9 Å². The number of halogens is 3. The van der Waals surface area contributed by atoms with E-state index in [1.54, 1.807) is 17.4 Å². The average molecular weight is 393 g/mol. The van der Waals surface area contributed by atoms with Crippen LogP contribution in [0.3, 0.4) is 0 Å². The largest absolute Gasteiger partial charge is 0.367 e. The lowest BCUT2D eigenvalue weighted by molar-refractivity contribution is 0.621. The summed E-state index contributed by atoms with van der Waals surface area (Å²) in [4.78, 5) is 3.15. The highest BCUT2D eigenvalue weighted by molar-refractivity contribution is 9.10. The first-order valence-corrected chi connectivity index (χ1v) is 8.18. The van der Waals surface area contributed by atoms with Crippen LogP contribution in [0.15, 0.2) is 34.1 Å². The Bertz CT molecular complexity index is 542. The van der Waals surface area contributed by atoms with Crippen LogP contribution in [-0.4, -0.2) is 7.05 Å². The molecule has 2 rings (SSSR count). The molecule has 0 atom stereocenters. The maximum absolute atomic E-state index is 13.9. The third-order valence-electron chi connectivity index (χ3n) is 2.61. The van der Waals surface area contributed by atoms with Gasteiger partial charge in [0.25, 0.3) is 0 Å². The Balaban J connectivity index is 2.25. The van der Waals surface area contributed by atoms with Gasteiger partial charge in [-0.1, -0.05) is 28.1 Å². The monoisotopic (exact) mass is 391 g/mol. The molecule has 1 aromatic carbocycles. The van der Waals surface area contributed by atoms with E-state index in [-0.39, 0.29) is 5.82 Å². The van der Waals surface area contributed by atoms with E-state index in [2.05, 4.69) is 37.9 Å². The molecule has 1 aromatic heterocycles. The summed E-state index contributed by atoms with van der Waals surface area (Å²) in [6, 6.07) is 7.25. The number of thiophene rings is 1. The van der Waals surface area contributed by atoms with Gasteiger partial charge >= 0.3 is 0 Å². The minimum absolute atomic E-state index is 0.176. The molecule has 1 heterocycles. The molecule has 0 N–H and O–H groups in total. The van der Waals surface area contributed by atoms with Crippen molar-refractivity contribution in [1.29, 1.82) is 0 Å². The topological polar surface area (TPSA) is 3.24 Å². The van der Waals surface area contributed by atoms with Crippen LogP contribution < -0.4 is 4.90 Å². The molecule has 2 aromatic rings. The van der Waals surface area contributed by atoms with Crippen molar-refractivity contribution in [3.05, 3.63) is 50.4 Å². The molecule has 0 aliphatic heterocycles. The summed E-state index contributed by atoms with van der Waals surface area (Å²) < 4.78 is 15.0. The summed E-state index contributed by atoms with van der Waals surface area (Å²) >= 11 is 8.50. The summed E-state index contributed by atoms with van der Waals surface area (Å²) in [6.45, 7) is 0.706. The SMILES string of the molecule is CN(Cc1cc(Br)cs1)c1c(F)cccc1CBr. The average Bonchev–Trinajstić information content (AvgIpc) is 2.74. The van der Waals surface area contributed by atoms with Gasteiger partial charge in [-0.05, 0) is 33.6 Å². The molecule has 0 saturated heterocycles. The van der Waals surface area contributed by atoms with Gasteiger partial charge in [0.1, 0.15) is 5.82 Å². The lowest BCUT2D eigenvalue weighted by atomic mass is 10.1. The van der Waals surface area contributed by atoms with Crippen LogP contribution >= 0.6 is 43.2 Å². The number of para-hydroxylation sites is 1. The number of alkyl halides is 1. The van der Waals surface area contributed by atoms with Crippen molar-refractivity contribution in [2.75, 3.05) is 11.9 Å². The molecule has 0 aliphatic rings. The Morgan fingerprint density at radius 1 is 1.39 bits per heavy atom. The highest BCUT2D eigenvalue weighted by Gasteiger charge is 2.13. The Morgan fingerprint density at radius 2 is 2.17 bits per heavy atom. The Labute approximate surface area is 127 Å². The van der Waals surface area contributed by atoms with Crippen LogP contribution in [0.5, 0.6) is 0 Å². The van der Waals surface area contributed by atoms with Crippen LogP contribution in [0.4, 0.5) is 10.1 Å². The molecule has 5 heteroatoms. The summed E-state index contributed by atoms with van der Waals surface area (Å²) in [6.07, 6.45) is 0. The van der Waals surface area contributed by atoms with E-state index < -0.39 is 0 Å². The maximum Gasteiger partial charge on any atom is 0.146 e. The molecule has 96 valence electrons. The molecule has 0 bridgehead atoms. The fraction of sp³-hybridized carbons (Fsp3) is 0.231. The summed E-state index contributed by atoms with van der Waals surface area (Å²) in [5.74, 6) is -0.176. The second kappa shape index (κ2) is 6.17. The molecule has 18 heavy (non-hydrogen) atoms. The molecular weight excluding hydrogens is 381 g/mol. The predicted molar refractivity (Wildman–Crippen MR) is 83.2 cm³/mol. The molecule has 0 aliphatic carbocycles. The first-order chi connectivity index (χ1) is 8.61. The quantitative estimate of drug-likeness (QED) is 0.648. The van der Waals surface area contributed by atoms with Gasteiger partial charge in [0.05, 0.1) is 12.2 Å². The molecule has 0 unspecified atom stereocenters. The first-order valence-electron chi connectivity index (χ1n) is 5.39. The van der Waals surface area contributed by atoms with Crippen molar-refractivity contribution in [1.82, 2.24) is 0 Å². The highest BCUT2D eigenvalue weighted by Crippen LogP contribution is 2.28. The van der Waals surface area contributed by atoms with Gasteiger partial charge in [-0.15, -0.1) is 11.3 Å². The fourth-order valence-electron chi connectivity index (χ4n) is 1.84. The molecule has 0 radical (unpaired) electrons. The van der Waals surface area contributed by atoms with Crippen molar-refractivity contribution in [3.8, 4) is 0 Å². The van der Waals surface area contributed by atoms with Crippen molar-refractivity contribution in [3.63, 3.8) is 0 Å². The van der Waals surface area contributed by atoms with Gasteiger partial charge in [0, 0.05) is 27.1 Å². The van der Waals surface area contributed by atoms with Crippen LogP contribution in [0.2, 0.25) is 0 Å². The van der Waals surface area contributed by atoms with Crippen molar-refractivity contribution >= 4 is 48.9 Å². The Kier molecular flexibility index (Phi) is 4.81. The zero-order chi connectivity index (χ0) is 13.1. The third kappa shape index (κ3) is 3.13. The van der Waals surface area contributed by atoms with E-state index in [0.717, 1.165) is 10.0 Å². The summed E-state index contributed by atoms with van der Waals surface area (Å²) in [5, 5.41) is 2.69. The standard InChI is InChI=1S/C13H12Br2FNS/c1-17(7-11-5-10(15)8-18-11)13-9(6-14)3-2-4-12(13)16/h2-5,8H,6-7H2,1H3. The normalized spacial score (nSPS) is 10.7.